The highest BCUT2D eigenvalue weighted by molar-refractivity contribution is 6.30. The van der Waals surface area contributed by atoms with Crippen LogP contribution in [0.15, 0.2) is 41.7 Å². The zero-order valence-corrected chi connectivity index (χ0v) is 26.6. The molecule has 47 heavy (non-hydrogen) atoms. The van der Waals surface area contributed by atoms with Crippen LogP contribution in [0.4, 0.5) is 4.79 Å². The number of nitrogens with one attached hydrogen (secondary N) is 2. The lowest BCUT2D eigenvalue weighted by atomic mass is 9.95. The van der Waals surface area contributed by atoms with Crippen LogP contribution in [-0.4, -0.2) is 81.9 Å². The molecule has 2 aliphatic rings. The van der Waals surface area contributed by atoms with Gasteiger partial charge in [-0.05, 0) is 24.6 Å². The predicted molar refractivity (Wildman–Crippen MR) is 156 cm³/mol. The summed E-state index contributed by atoms with van der Waals surface area (Å²) in [5.74, 6) is -3.80. The van der Waals surface area contributed by atoms with Gasteiger partial charge in [-0.1, -0.05) is 28.9 Å². The Kier molecular flexibility index (Phi) is 11.1. The Morgan fingerprint density at radius 1 is 0.936 bits per heavy atom. The lowest BCUT2D eigenvalue weighted by molar-refractivity contribution is -0.270. The molecule has 4 rings (SSSR count). The van der Waals surface area contributed by atoms with Crippen molar-refractivity contribution in [2.24, 2.45) is 0 Å². The average molecular weight is 678 g/mol. The summed E-state index contributed by atoms with van der Waals surface area (Å²) in [7, 11) is 0. The second-order valence-electron chi connectivity index (χ2n) is 10.5. The zero-order chi connectivity index (χ0) is 34.4. The van der Waals surface area contributed by atoms with Crippen LogP contribution in [0.2, 0.25) is 5.02 Å². The molecule has 1 fully saturated rings. The number of esters is 5. The lowest BCUT2D eigenvalue weighted by Crippen LogP contribution is -2.60. The first-order valence-electron chi connectivity index (χ1n) is 14.2. The number of hydrogen-bond donors (Lipinski definition) is 2. The minimum absolute atomic E-state index is 0.122. The van der Waals surface area contributed by atoms with Gasteiger partial charge in [-0.2, -0.15) is 0 Å². The lowest BCUT2D eigenvalue weighted by Gasteiger charge is -2.44. The molecule has 0 saturated carbocycles. The molecule has 252 valence electrons. The van der Waals surface area contributed by atoms with E-state index in [2.05, 4.69) is 20.9 Å². The van der Waals surface area contributed by atoms with Crippen molar-refractivity contribution in [3.63, 3.8) is 0 Å². The number of ether oxygens (including phenoxy) is 6. The number of halogens is 1. The number of aromatic nitrogens is 3. The quantitative estimate of drug-likeness (QED) is 0.270. The molecule has 0 radical (unpaired) electrons. The number of carbonyl (C=O) groups excluding carboxylic acids is 6. The summed E-state index contributed by atoms with van der Waals surface area (Å²) in [5.41, 5.74) is 1.06. The molecule has 2 aromatic rings. The van der Waals surface area contributed by atoms with Crippen LogP contribution in [0.5, 0.6) is 0 Å². The Morgan fingerprint density at radius 3 is 2.23 bits per heavy atom. The van der Waals surface area contributed by atoms with Crippen molar-refractivity contribution >= 4 is 47.5 Å². The van der Waals surface area contributed by atoms with Crippen LogP contribution in [-0.2, 0) is 59.0 Å². The molecule has 1 unspecified atom stereocenters. The van der Waals surface area contributed by atoms with E-state index < -0.39 is 85.8 Å². The number of rotatable bonds is 10. The number of urea groups is 1. The standard InChI is InChI=1S/C29H32ClN5O12/c1-13-22(23(32-29(41)31-13)18-7-6-8-19(30)9-18)28(40)43-11-20-10-35(34-33-20)27-26(46-17(5)39)25(45-16(4)38)24(44-15(3)37)21(47-27)12-42-14(2)36/h6-10,21,23-27H,11-12H2,1-5H3,(H2,31,32,41)/t21-,23?,24-,25+,26-,27-/m1/s1. The van der Waals surface area contributed by atoms with E-state index in [9.17, 15) is 28.8 Å². The van der Waals surface area contributed by atoms with Gasteiger partial charge in [0.15, 0.2) is 24.5 Å². The van der Waals surface area contributed by atoms with Gasteiger partial charge in [-0.15, -0.1) is 5.10 Å². The highest BCUT2D eigenvalue weighted by Gasteiger charge is 2.53. The van der Waals surface area contributed by atoms with Gasteiger partial charge in [0.25, 0.3) is 0 Å². The molecule has 0 bridgehead atoms. The van der Waals surface area contributed by atoms with E-state index in [1.807, 2.05) is 0 Å². The third-order valence-corrected chi connectivity index (χ3v) is 7.04. The molecule has 17 nitrogen and oxygen atoms in total. The third-order valence-electron chi connectivity index (χ3n) is 6.81. The summed E-state index contributed by atoms with van der Waals surface area (Å²) >= 11 is 6.13. The Morgan fingerprint density at radius 2 is 1.60 bits per heavy atom. The maximum Gasteiger partial charge on any atom is 0.338 e. The van der Waals surface area contributed by atoms with Gasteiger partial charge >= 0.3 is 35.9 Å². The Bertz CT molecular complexity index is 1590. The smallest absolute Gasteiger partial charge is 0.338 e. The van der Waals surface area contributed by atoms with E-state index >= 15 is 0 Å². The van der Waals surface area contributed by atoms with Crippen molar-refractivity contribution in [3.8, 4) is 0 Å². The van der Waals surface area contributed by atoms with Gasteiger partial charge in [0, 0.05) is 38.4 Å². The van der Waals surface area contributed by atoms with Crippen LogP contribution in [0.25, 0.3) is 0 Å². The fraction of sp³-hybridized carbons (Fsp3) is 0.448. The topological polar surface area (TPSA) is 213 Å². The van der Waals surface area contributed by atoms with E-state index in [-0.39, 0.29) is 17.0 Å². The number of benzene rings is 1. The molecule has 3 heterocycles. The Hall–Kier alpha value is -5.03. The van der Waals surface area contributed by atoms with Crippen LogP contribution < -0.4 is 10.6 Å². The van der Waals surface area contributed by atoms with E-state index in [0.717, 1.165) is 32.4 Å². The summed E-state index contributed by atoms with van der Waals surface area (Å²) < 4.78 is 34.0. The average Bonchev–Trinajstić information content (AvgIpc) is 3.44. The predicted octanol–water partition coefficient (Wildman–Crippen LogP) is 1.56. The highest BCUT2D eigenvalue weighted by atomic mass is 35.5. The Balaban J connectivity index is 1.59. The van der Waals surface area contributed by atoms with Crippen LogP contribution in [0.3, 0.4) is 0 Å². The van der Waals surface area contributed by atoms with Crippen molar-refractivity contribution < 1.29 is 57.2 Å². The molecule has 1 aromatic carbocycles. The van der Waals surface area contributed by atoms with Crippen molar-refractivity contribution in [1.82, 2.24) is 25.6 Å². The van der Waals surface area contributed by atoms with Crippen molar-refractivity contribution in [1.29, 1.82) is 0 Å². The number of amides is 2. The summed E-state index contributed by atoms with van der Waals surface area (Å²) in [6.07, 6.45) is -5.42. The molecule has 1 saturated heterocycles. The maximum absolute atomic E-state index is 13.3. The van der Waals surface area contributed by atoms with Crippen LogP contribution in [0, 0.1) is 0 Å². The molecule has 18 heteroatoms. The van der Waals surface area contributed by atoms with E-state index in [4.69, 9.17) is 40.0 Å². The van der Waals surface area contributed by atoms with Gasteiger partial charge in [-0.25, -0.2) is 14.3 Å². The molecule has 0 aliphatic carbocycles. The number of nitrogens with zero attached hydrogens (tertiary/aromatic N) is 3. The van der Waals surface area contributed by atoms with Gasteiger partial charge in [0.2, 0.25) is 0 Å². The summed E-state index contributed by atoms with van der Waals surface area (Å²) in [4.78, 5) is 73.3. The largest absolute Gasteiger partial charge is 0.463 e. The van der Waals surface area contributed by atoms with Gasteiger partial charge in [-0.3, -0.25) is 19.2 Å². The summed E-state index contributed by atoms with van der Waals surface area (Å²) in [6.45, 7) is 5.20. The van der Waals surface area contributed by atoms with Crippen molar-refractivity contribution in [2.45, 2.75) is 77.9 Å². The van der Waals surface area contributed by atoms with Crippen molar-refractivity contribution in [3.05, 3.63) is 58.0 Å². The molecule has 2 aliphatic heterocycles. The molecule has 2 N–H and O–H groups in total. The van der Waals surface area contributed by atoms with E-state index in [1.165, 1.54) is 6.20 Å². The zero-order valence-electron chi connectivity index (χ0n) is 25.9. The monoisotopic (exact) mass is 677 g/mol. The Labute approximate surface area is 272 Å². The molecular formula is C29H32ClN5O12. The first-order chi connectivity index (χ1) is 22.2. The fourth-order valence-corrected chi connectivity index (χ4v) is 5.24. The minimum atomic E-state index is -1.42. The first-order valence-corrected chi connectivity index (χ1v) is 14.5. The summed E-state index contributed by atoms with van der Waals surface area (Å²) in [5, 5.41) is 13.7. The van der Waals surface area contributed by atoms with Gasteiger partial charge < -0.3 is 39.1 Å². The molecule has 0 spiro atoms. The minimum Gasteiger partial charge on any atom is -0.463 e. The third kappa shape index (κ3) is 8.82. The number of hydrogen-bond acceptors (Lipinski definition) is 14. The molecular weight excluding hydrogens is 646 g/mol. The van der Waals surface area contributed by atoms with Gasteiger partial charge in [0.1, 0.15) is 25.0 Å². The molecule has 1 aromatic heterocycles. The fourth-order valence-electron chi connectivity index (χ4n) is 5.04. The number of carbonyl (C=O) groups is 6. The second-order valence-corrected chi connectivity index (χ2v) is 10.9. The summed E-state index contributed by atoms with van der Waals surface area (Å²) in [6, 6.07) is 5.26. The van der Waals surface area contributed by atoms with E-state index in [0.29, 0.717) is 10.6 Å². The van der Waals surface area contributed by atoms with Crippen LogP contribution in [0.1, 0.15) is 58.1 Å². The van der Waals surface area contributed by atoms with Crippen molar-refractivity contribution in [2.75, 3.05) is 6.61 Å². The van der Waals surface area contributed by atoms with Crippen LogP contribution >= 0.6 is 11.6 Å². The van der Waals surface area contributed by atoms with Gasteiger partial charge in [0.05, 0.1) is 17.8 Å². The maximum atomic E-state index is 13.3. The number of allylic oxidation sites excluding steroid dienone is 1. The SMILES string of the molecule is CC(=O)OC[C@H]1O[C@@H](n2cc(COC(=O)C3=C(C)NC(=O)NC3c3cccc(Cl)c3)nn2)[C@H](OC(C)=O)[C@@H](OC(C)=O)[C@@H]1OC(C)=O. The second kappa shape index (κ2) is 15.0. The normalized spacial score (nSPS) is 23.9. The molecule has 6 atom stereocenters. The first kappa shape index (κ1) is 34.8. The highest BCUT2D eigenvalue weighted by Crippen LogP contribution is 2.35. The van der Waals surface area contributed by atoms with E-state index in [1.54, 1.807) is 31.2 Å². The molecule has 2 amide bonds.